The number of hydrogen-bond donors (Lipinski definition) is 1. The lowest BCUT2D eigenvalue weighted by atomic mass is 10.2. The molecule has 1 aromatic heterocycles. The van der Waals surface area contributed by atoms with E-state index in [1.807, 2.05) is 12.1 Å². The second-order valence-corrected chi connectivity index (χ2v) is 5.19. The maximum absolute atomic E-state index is 8.63. The van der Waals surface area contributed by atoms with Gasteiger partial charge < -0.3 is 5.32 Å². The van der Waals surface area contributed by atoms with E-state index < -0.39 is 0 Å². The lowest BCUT2D eigenvalue weighted by Crippen LogP contribution is -1.88. The molecule has 0 fully saturated rings. The van der Waals surface area contributed by atoms with Crippen molar-refractivity contribution in [2.75, 3.05) is 5.32 Å². The largest absolute Gasteiger partial charge is 0.332 e. The average Bonchev–Trinajstić information content (AvgIpc) is 2.65. The monoisotopic (exact) mass is 279 g/mol. The molecule has 0 aliphatic rings. The van der Waals surface area contributed by atoms with Crippen LogP contribution in [0.4, 0.5) is 10.8 Å². The van der Waals surface area contributed by atoms with Crippen LogP contribution in [0.15, 0.2) is 34.2 Å². The molecule has 0 aliphatic heterocycles. The van der Waals surface area contributed by atoms with Crippen LogP contribution >= 0.6 is 27.3 Å². The second kappa shape index (κ2) is 4.43. The molecule has 5 heteroatoms. The van der Waals surface area contributed by atoms with Crippen molar-refractivity contribution in [2.45, 2.75) is 0 Å². The van der Waals surface area contributed by atoms with Gasteiger partial charge in [0.15, 0.2) is 5.13 Å². The number of halogens is 1. The number of hydrogen-bond acceptors (Lipinski definition) is 4. The third kappa shape index (κ3) is 2.55. The predicted molar refractivity (Wildman–Crippen MR) is 64.3 cm³/mol. The van der Waals surface area contributed by atoms with Crippen molar-refractivity contribution >= 4 is 38.1 Å². The summed E-state index contributed by atoms with van der Waals surface area (Å²) in [5.41, 5.74) is 1.58. The summed E-state index contributed by atoms with van der Waals surface area (Å²) in [7, 11) is 0. The van der Waals surface area contributed by atoms with Gasteiger partial charge in [0.05, 0.1) is 21.6 Å². The molecule has 0 amide bonds. The molecule has 0 aliphatic carbocycles. The summed E-state index contributed by atoms with van der Waals surface area (Å²) in [5, 5.41) is 12.6. The van der Waals surface area contributed by atoms with Gasteiger partial charge in [-0.1, -0.05) is 11.3 Å². The van der Waals surface area contributed by atoms with Gasteiger partial charge in [0.1, 0.15) is 0 Å². The third-order valence-corrected chi connectivity index (χ3v) is 3.13. The highest BCUT2D eigenvalue weighted by Crippen LogP contribution is 2.26. The van der Waals surface area contributed by atoms with Gasteiger partial charge in [-0.05, 0) is 40.2 Å². The third-order valence-electron chi connectivity index (χ3n) is 1.74. The summed E-state index contributed by atoms with van der Waals surface area (Å²) in [6, 6.07) is 9.32. The van der Waals surface area contributed by atoms with Gasteiger partial charge in [-0.3, -0.25) is 0 Å². The number of thiazole rings is 1. The van der Waals surface area contributed by atoms with Gasteiger partial charge in [0.2, 0.25) is 0 Å². The fourth-order valence-corrected chi connectivity index (χ4v) is 2.19. The molecule has 0 atom stereocenters. The van der Waals surface area contributed by atoms with Gasteiger partial charge in [0, 0.05) is 5.69 Å². The van der Waals surface area contributed by atoms with E-state index in [4.69, 9.17) is 5.26 Å². The van der Waals surface area contributed by atoms with Crippen LogP contribution in [0.5, 0.6) is 0 Å². The van der Waals surface area contributed by atoms with Crippen molar-refractivity contribution in [1.29, 1.82) is 5.26 Å². The summed E-state index contributed by atoms with van der Waals surface area (Å²) < 4.78 is 0.985. The molecule has 1 N–H and O–H groups in total. The Labute approximate surface area is 99.5 Å². The normalized spacial score (nSPS) is 9.60. The highest BCUT2D eigenvalue weighted by molar-refractivity contribution is 9.11. The maximum Gasteiger partial charge on any atom is 0.188 e. The van der Waals surface area contributed by atoms with E-state index in [-0.39, 0.29) is 0 Å². The Morgan fingerprint density at radius 3 is 2.60 bits per heavy atom. The summed E-state index contributed by atoms with van der Waals surface area (Å²) in [6.07, 6.45) is 1.75. The topological polar surface area (TPSA) is 48.7 Å². The molecule has 0 radical (unpaired) electrons. The van der Waals surface area contributed by atoms with E-state index in [2.05, 4.69) is 32.3 Å². The Hall–Kier alpha value is -1.38. The van der Waals surface area contributed by atoms with Crippen LogP contribution in [0.2, 0.25) is 0 Å². The first-order valence-corrected chi connectivity index (χ1v) is 5.77. The zero-order valence-corrected chi connectivity index (χ0v) is 9.97. The number of benzene rings is 1. The van der Waals surface area contributed by atoms with Crippen molar-refractivity contribution in [3.8, 4) is 6.07 Å². The fraction of sp³-hybridized carbons (Fsp3) is 0. The van der Waals surface area contributed by atoms with E-state index in [0.717, 1.165) is 14.6 Å². The molecule has 15 heavy (non-hydrogen) atoms. The molecular formula is C10H6BrN3S. The molecule has 3 nitrogen and oxygen atoms in total. The summed E-state index contributed by atoms with van der Waals surface area (Å²) in [6.45, 7) is 0. The van der Waals surface area contributed by atoms with E-state index in [9.17, 15) is 0 Å². The van der Waals surface area contributed by atoms with Gasteiger partial charge in [-0.25, -0.2) is 4.98 Å². The van der Waals surface area contributed by atoms with Crippen molar-refractivity contribution < 1.29 is 0 Å². The van der Waals surface area contributed by atoms with E-state index >= 15 is 0 Å². The molecule has 2 rings (SSSR count). The number of anilines is 2. The summed E-state index contributed by atoms with van der Waals surface area (Å²) in [4.78, 5) is 4.15. The minimum Gasteiger partial charge on any atom is -0.332 e. The number of nitriles is 1. The Balaban J connectivity index is 2.15. The fourth-order valence-electron chi connectivity index (χ4n) is 1.06. The summed E-state index contributed by atoms with van der Waals surface area (Å²) >= 11 is 4.86. The van der Waals surface area contributed by atoms with E-state index in [1.54, 1.807) is 18.3 Å². The quantitative estimate of drug-likeness (QED) is 0.915. The molecule has 0 unspecified atom stereocenters. The van der Waals surface area contributed by atoms with E-state index in [1.165, 1.54) is 11.3 Å². The van der Waals surface area contributed by atoms with Gasteiger partial charge in [0.25, 0.3) is 0 Å². The van der Waals surface area contributed by atoms with Crippen LogP contribution in [0, 0.1) is 11.3 Å². The Morgan fingerprint density at radius 2 is 2.07 bits per heavy atom. The minimum atomic E-state index is 0.654. The van der Waals surface area contributed by atoms with E-state index in [0.29, 0.717) is 5.56 Å². The van der Waals surface area contributed by atoms with Gasteiger partial charge in [-0.2, -0.15) is 5.26 Å². The van der Waals surface area contributed by atoms with Gasteiger partial charge in [-0.15, -0.1) is 0 Å². The molecule has 0 spiro atoms. The number of rotatable bonds is 2. The van der Waals surface area contributed by atoms with Crippen LogP contribution in [0.1, 0.15) is 5.56 Å². The molecule has 0 saturated carbocycles. The molecule has 0 bridgehead atoms. The number of aromatic nitrogens is 1. The van der Waals surface area contributed by atoms with Crippen LogP contribution in [-0.4, -0.2) is 4.98 Å². The van der Waals surface area contributed by atoms with Crippen molar-refractivity contribution in [2.24, 2.45) is 0 Å². The van der Waals surface area contributed by atoms with Gasteiger partial charge >= 0.3 is 0 Å². The van der Waals surface area contributed by atoms with Crippen molar-refractivity contribution in [3.05, 3.63) is 39.8 Å². The first-order chi connectivity index (χ1) is 7.28. The van der Waals surface area contributed by atoms with Crippen LogP contribution in [0.25, 0.3) is 0 Å². The predicted octanol–water partition coefficient (Wildman–Crippen LogP) is 3.52. The zero-order valence-electron chi connectivity index (χ0n) is 7.57. The van der Waals surface area contributed by atoms with Crippen LogP contribution in [-0.2, 0) is 0 Å². The Bertz CT molecular complexity index is 498. The first-order valence-electron chi connectivity index (χ1n) is 4.16. The van der Waals surface area contributed by atoms with Crippen molar-refractivity contribution in [3.63, 3.8) is 0 Å². The molecule has 1 heterocycles. The molecule has 2 aromatic rings. The molecule has 1 aromatic carbocycles. The maximum atomic E-state index is 8.63. The highest BCUT2D eigenvalue weighted by atomic mass is 79.9. The zero-order chi connectivity index (χ0) is 10.7. The Kier molecular flexibility index (Phi) is 2.99. The summed E-state index contributed by atoms with van der Waals surface area (Å²) in [5.74, 6) is 0. The average molecular weight is 280 g/mol. The SMILES string of the molecule is N#Cc1ccc(Nc2ncc(Br)s2)cc1. The van der Waals surface area contributed by atoms with Crippen LogP contribution < -0.4 is 5.32 Å². The first kappa shape index (κ1) is 10.1. The lowest BCUT2D eigenvalue weighted by Gasteiger charge is -2.01. The number of nitrogens with one attached hydrogen (secondary N) is 1. The van der Waals surface area contributed by atoms with Crippen molar-refractivity contribution in [1.82, 2.24) is 4.98 Å². The molecular weight excluding hydrogens is 274 g/mol. The smallest absolute Gasteiger partial charge is 0.188 e. The van der Waals surface area contributed by atoms with Crippen LogP contribution in [0.3, 0.4) is 0 Å². The lowest BCUT2D eigenvalue weighted by molar-refractivity contribution is 1.38. The second-order valence-electron chi connectivity index (χ2n) is 2.78. The minimum absolute atomic E-state index is 0.654. The molecule has 74 valence electrons. The molecule has 0 saturated heterocycles. The number of nitrogens with zero attached hydrogens (tertiary/aromatic N) is 2. The standard InChI is InChI=1S/C10H6BrN3S/c11-9-6-13-10(15-9)14-8-3-1-7(5-12)2-4-8/h1-4,6H,(H,13,14). The highest BCUT2D eigenvalue weighted by Gasteiger charge is 1.99. The Morgan fingerprint density at radius 1 is 1.33 bits per heavy atom.